The number of rotatable bonds is 6. The van der Waals surface area contributed by atoms with Crippen LogP contribution in [-0.2, 0) is 0 Å². The first-order valence-electron chi connectivity index (χ1n) is 6.06. The first-order chi connectivity index (χ1) is 9.23. The highest BCUT2D eigenvalue weighted by Crippen LogP contribution is 2.07. The van der Waals surface area contributed by atoms with Gasteiger partial charge in [-0.25, -0.2) is 4.79 Å². The van der Waals surface area contributed by atoms with Crippen molar-refractivity contribution in [2.24, 2.45) is 0 Å². The maximum atomic E-state index is 11.9. The van der Waals surface area contributed by atoms with Gasteiger partial charge in [0, 0.05) is 19.3 Å². The van der Waals surface area contributed by atoms with E-state index in [0.29, 0.717) is 6.54 Å². The highest BCUT2D eigenvalue weighted by Gasteiger charge is 2.24. The quantitative estimate of drug-likeness (QED) is 0.668. The van der Waals surface area contributed by atoms with Crippen LogP contribution in [0.2, 0.25) is 0 Å². The normalized spacial score (nSPS) is 13.8. The van der Waals surface area contributed by atoms with Crippen LogP contribution in [0.25, 0.3) is 0 Å². The van der Waals surface area contributed by atoms with Crippen molar-refractivity contribution in [3.05, 3.63) is 29.6 Å². The number of hydrogen-bond donors (Lipinski definition) is 3. The molecule has 1 atom stereocenters. The van der Waals surface area contributed by atoms with E-state index in [9.17, 15) is 14.7 Å². The minimum absolute atomic E-state index is 0.000351. The standard InChI is InChI=1S/C13H19N3O4/c1-13(20,8-16(2)3)7-15-11(17)10-9(12(18)19)5-4-6-14-10/h4-6,20H,7-8H2,1-3H3,(H,15,17)(H,18,19). The van der Waals surface area contributed by atoms with Crippen molar-refractivity contribution in [2.45, 2.75) is 12.5 Å². The van der Waals surface area contributed by atoms with Gasteiger partial charge in [-0.15, -0.1) is 0 Å². The number of nitrogens with zero attached hydrogens (tertiary/aromatic N) is 2. The van der Waals surface area contributed by atoms with Crippen LogP contribution in [0.15, 0.2) is 18.3 Å². The topological polar surface area (TPSA) is 103 Å². The summed E-state index contributed by atoms with van der Waals surface area (Å²) in [5, 5.41) is 21.5. The van der Waals surface area contributed by atoms with Gasteiger partial charge in [0.25, 0.3) is 5.91 Å². The summed E-state index contributed by atoms with van der Waals surface area (Å²) in [7, 11) is 3.61. The zero-order valence-corrected chi connectivity index (χ0v) is 11.8. The van der Waals surface area contributed by atoms with Crippen LogP contribution < -0.4 is 5.32 Å². The van der Waals surface area contributed by atoms with Crippen molar-refractivity contribution in [1.82, 2.24) is 15.2 Å². The monoisotopic (exact) mass is 281 g/mol. The summed E-state index contributed by atoms with van der Waals surface area (Å²) in [5.74, 6) is -1.84. The number of carboxylic acid groups (broad SMARTS) is 1. The molecule has 0 spiro atoms. The number of aliphatic hydroxyl groups is 1. The Bertz CT molecular complexity index is 500. The molecule has 0 radical (unpaired) electrons. The Labute approximate surface area is 117 Å². The molecule has 1 rings (SSSR count). The zero-order valence-electron chi connectivity index (χ0n) is 11.8. The van der Waals surface area contributed by atoms with Crippen molar-refractivity contribution in [3.8, 4) is 0 Å². The Kier molecular flexibility index (Phi) is 5.18. The first-order valence-corrected chi connectivity index (χ1v) is 6.06. The molecule has 1 aromatic rings. The Morgan fingerprint density at radius 2 is 2.10 bits per heavy atom. The van der Waals surface area contributed by atoms with E-state index in [1.54, 1.807) is 25.9 Å². The van der Waals surface area contributed by atoms with Crippen molar-refractivity contribution < 1.29 is 19.8 Å². The summed E-state index contributed by atoms with van der Waals surface area (Å²) in [6.07, 6.45) is 1.35. The van der Waals surface area contributed by atoms with Gasteiger partial charge in [-0.1, -0.05) is 0 Å². The SMILES string of the molecule is CN(C)CC(C)(O)CNC(=O)c1ncccc1C(=O)O. The van der Waals surface area contributed by atoms with E-state index < -0.39 is 17.5 Å². The molecule has 0 saturated heterocycles. The maximum absolute atomic E-state index is 11.9. The van der Waals surface area contributed by atoms with E-state index in [2.05, 4.69) is 10.3 Å². The molecule has 110 valence electrons. The van der Waals surface area contributed by atoms with Crippen molar-refractivity contribution in [1.29, 1.82) is 0 Å². The Hall–Kier alpha value is -1.99. The van der Waals surface area contributed by atoms with Gasteiger partial charge in [0.05, 0.1) is 11.2 Å². The average Bonchev–Trinajstić information content (AvgIpc) is 2.34. The van der Waals surface area contributed by atoms with E-state index in [1.807, 2.05) is 0 Å². The van der Waals surface area contributed by atoms with Gasteiger partial charge in [-0.2, -0.15) is 0 Å². The lowest BCUT2D eigenvalue weighted by Gasteiger charge is -2.27. The second-order valence-electron chi connectivity index (χ2n) is 5.12. The van der Waals surface area contributed by atoms with Crippen LogP contribution in [0.4, 0.5) is 0 Å². The first kappa shape index (κ1) is 16.1. The number of carbonyl (C=O) groups is 2. The van der Waals surface area contributed by atoms with Gasteiger partial charge in [-0.05, 0) is 33.2 Å². The average molecular weight is 281 g/mol. The lowest BCUT2D eigenvalue weighted by atomic mass is 10.1. The third-order valence-electron chi connectivity index (χ3n) is 2.54. The Morgan fingerprint density at radius 1 is 1.45 bits per heavy atom. The number of carbonyl (C=O) groups excluding carboxylic acids is 1. The second kappa shape index (κ2) is 6.44. The number of nitrogens with one attached hydrogen (secondary N) is 1. The Morgan fingerprint density at radius 3 is 2.65 bits per heavy atom. The summed E-state index contributed by atoms with van der Waals surface area (Å²) < 4.78 is 0. The molecule has 0 aliphatic carbocycles. The summed E-state index contributed by atoms with van der Waals surface area (Å²) in [6, 6.07) is 2.75. The number of carboxylic acids is 1. The molecule has 0 aliphatic rings. The Balaban J connectivity index is 2.75. The summed E-state index contributed by atoms with van der Waals surface area (Å²) in [6.45, 7) is 1.95. The molecule has 0 aromatic carbocycles. The molecule has 0 bridgehead atoms. The predicted octanol–water partition coefficient (Wildman–Crippen LogP) is -0.178. The van der Waals surface area contributed by atoms with Crippen LogP contribution in [0.3, 0.4) is 0 Å². The molecule has 7 nitrogen and oxygen atoms in total. The molecule has 0 fully saturated rings. The minimum Gasteiger partial charge on any atom is -0.478 e. The molecule has 7 heteroatoms. The highest BCUT2D eigenvalue weighted by atomic mass is 16.4. The van der Waals surface area contributed by atoms with Crippen molar-refractivity contribution in [2.75, 3.05) is 27.2 Å². The molecule has 20 heavy (non-hydrogen) atoms. The van der Waals surface area contributed by atoms with Gasteiger partial charge in [0.1, 0.15) is 5.69 Å². The maximum Gasteiger partial charge on any atom is 0.338 e. The summed E-state index contributed by atoms with van der Waals surface area (Å²) in [4.78, 5) is 28.5. The predicted molar refractivity (Wildman–Crippen MR) is 72.7 cm³/mol. The molecule has 0 saturated carbocycles. The van der Waals surface area contributed by atoms with E-state index in [0.717, 1.165) is 0 Å². The third-order valence-corrected chi connectivity index (χ3v) is 2.54. The molecular weight excluding hydrogens is 262 g/mol. The van der Waals surface area contributed by atoms with Gasteiger partial charge in [0.2, 0.25) is 0 Å². The van der Waals surface area contributed by atoms with E-state index in [4.69, 9.17) is 5.11 Å². The zero-order chi connectivity index (χ0) is 15.3. The number of likely N-dealkylation sites (N-methyl/N-ethyl adjacent to an activating group) is 1. The van der Waals surface area contributed by atoms with Crippen LogP contribution in [0.5, 0.6) is 0 Å². The lowest BCUT2D eigenvalue weighted by Crippen LogP contribution is -2.47. The number of amides is 1. The number of hydrogen-bond acceptors (Lipinski definition) is 5. The highest BCUT2D eigenvalue weighted by molar-refractivity contribution is 6.03. The molecule has 1 amide bonds. The van der Waals surface area contributed by atoms with E-state index >= 15 is 0 Å². The summed E-state index contributed by atoms with van der Waals surface area (Å²) in [5.41, 5.74) is -1.45. The van der Waals surface area contributed by atoms with Crippen molar-refractivity contribution in [3.63, 3.8) is 0 Å². The fraction of sp³-hybridized carbons (Fsp3) is 0.462. The second-order valence-corrected chi connectivity index (χ2v) is 5.12. The van der Waals surface area contributed by atoms with Crippen molar-refractivity contribution >= 4 is 11.9 Å². The van der Waals surface area contributed by atoms with Gasteiger partial charge in [0.15, 0.2) is 0 Å². The molecule has 0 aliphatic heterocycles. The van der Waals surface area contributed by atoms with E-state index in [1.165, 1.54) is 18.3 Å². The number of pyridine rings is 1. The molecule has 1 heterocycles. The third kappa shape index (κ3) is 4.60. The van der Waals surface area contributed by atoms with Crippen LogP contribution in [-0.4, -0.2) is 64.8 Å². The van der Waals surface area contributed by atoms with Crippen LogP contribution in [0, 0.1) is 0 Å². The molecule has 1 aromatic heterocycles. The van der Waals surface area contributed by atoms with Gasteiger partial charge in [-0.3, -0.25) is 9.78 Å². The molecule has 3 N–H and O–H groups in total. The largest absolute Gasteiger partial charge is 0.478 e. The minimum atomic E-state index is -1.22. The van der Waals surface area contributed by atoms with Crippen LogP contribution in [0.1, 0.15) is 27.8 Å². The van der Waals surface area contributed by atoms with Gasteiger partial charge >= 0.3 is 5.97 Å². The number of aromatic carboxylic acids is 1. The molecule has 1 unspecified atom stereocenters. The van der Waals surface area contributed by atoms with Crippen LogP contribution >= 0.6 is 0 Å². The van der Waals surface area contributed by atoms with Gasteiger partial charge < -0.3 is 20.4 Å². The lowest BCUT2D eigenvalue weighted by molar-refractivity contribution is 0.0325. The number of aromatic nitrogens is 1. The fourth-order valence-electron chi connectivity index (χ4n) is 1.85. The fourth-order valence-corrected chi connectivity index (χ4v) is 1.85. The van der Waals surface area contributed by atoms with E-state index in [-0.39, 0.29) is 17.8 Å². The summed E-state index contributed by atoms with van der Waals surface area (Å²) >= 11 is 0. The molecular formula is C13H19N3O4. The smallest absolute Gasteiger partial charge is 0.338 e.